The van der Waals surface area contributed by atoms with Crippen LogP contribution in [0.25, 0.3) is 11.1 Å². The summed E-state index contributed by atoms with van der Waals surface area (Å²) in [4.78, 5) is 0. The molecule has 2 aromatic carbocycles. The third kappa shape index (κ3) is 7.54. The molecule has 0 atom stereocenters. The van der Waals surface area contributed by atoms with E-state index in [1.807, 2.05) is 6.07 Å². The van der Waals surface area contributed by atoms with Gasteiger partial charge in [0.25, 0.3) is 0 Å². The van der Waals surface area contributed by atoms with E-state index in [2.05, 4.69) is 48.5 Å². The molecule has 0 heterocycles. The molecule has 2 nitrogen and oxygen atoms in total. The Morgan fingerprint density at radius 1 is 0.652 bits per heavy atom. The number of nitrogens with two attached hydrogens (primary N) is 1. The van der Waals surface area contributed by atoms with Gasteiger partial charge >= 0.3 is 0 Å². The maximum absolute atomic E-state index is 5.80. The minimum absolute atomic E-state index is 0. The highest BCUT2D eigenvalue weighted by molar-refractivity contribution is 5.85. The molecule has 2 N–H and O–H groups in total. The van der Waals surface area contributed by atoms with Gasteiger partial charge in [0.2, 0.25) is 0 Å². The fourth-order valence-electron chi connectivity index (χ4n) is 2.52. The summed E-state index contributed by atoms with van der Waals surface area (Å²) in [5.74, 6) is 0.961. The van der Waals surface area contributed by atoms with E-state index in [9.17, 15) is 0 Å². The Balaban J connectivity index is 0.00000264. The molecule has 0 aliphatic carbocycles. The Bertz CT molecular complexity index is 513. The fraction of sp³-hybridized carbons (Fsp3) is 0.400. The van der Waals surface area contributed by atoms with Gasteiger partial charge in [0.1, 0.15) is 5.75 Å². The van der Waals surface area contributed by atoms with E-state index >= 15 is 0 Å². The van der Waals surface area contributed by atoms with E-state index in [0.29, 0.717) is 0 Å². The van der Waals surface area contributed by atoms with E-state index < -0.39 is 0 Å². The van der Waals surface area contributed by atoms with Crippen LogP contribution in [-0.4, -0.2) is 13.2 Å². The SMILES string of the molecule is Cl.NCCCCCCCCOc1ccc(-c2ccccc2)cc1. The summed E-state index contributed by atoms with van der Waals surface area (Å²) in [6, 6.07) is 18.8. The first kappa shape index (κ1) is 19.5. The normalized spacial score (nSPS) is 10.1. The summed E-state index contributed by atoms with van der Waals surface area (Å²) in [6.45, 7) is 1.63. The number of benzene rings is 2. The fourth-order valence-corrected chi connectivity index (χ4v) is 2.52. The highest BCUT2D eigenvalue weighted by Gasteiger charge is 1.98. The first-order valence-corrected chi connectivity index (χ1v) is 8.38. The number of hydrogen-bond acceptors (Lipinski definition) is 2. The molecule has 0 radical (unpaired) electrons. The van der Waals surface area contributed by atoms with Crippen LogP contribution >= 0.6 is 12.4 Å². The zero-order valence-electron chi connectivity index (χ0n) is 13.7. The molecule has 0 aromatic heterocycles. The van der Waals surface area contributed by atoms with Gasteiger partial charge in [0, 0.05) is 0 Å². The van der Waals surface area contributed by atoms with Gasteiger partial charge < -0.3 is 10.5 Å². The largest absolute Gasteiger partial charge is 0.494 e. The van der Waals surface area contributed by atoms with Crippen LogP contribution in [0.15, 0.2) is 54.6 Å². The molecule has 3 heteroatoms. The maximum atomic E-state index is 5.80. The third-order valence-corrected chi connectivity index (χ3v) is 3.83. The van der Waals surface area contributed by atoms with Crippen molar-refractivity contribution in [1.82, 2.24) is 0 Å². The summed E-state index contributed by atoms with van der Waals surface area (Å²) >= 11 is 0. The summed E-state index contributed by atoms with van der Waals surface area (Å²) in [5, 5.41) is 0. The predicted octanol–water partition coefficient (Wildman–Crippen LogP) is 5.45. The van der Waals surface area contributed by atoms with Crippen molar-refractivity contribution in [2.24, 2.45) is 5.73 Å². The van der Waals surface area contributed by atoms with Crippen LogP contribution < -0.4 is 10.5 Å². The maximum Gasteiger partial charge on any atom is 0.119 e. The molecule has 0 aliphatic heterocycles. The molecule has 23 heavy (non-hydrogen) atoms. The molecule has 126 valence electrons. The van der Waals surface area contributed by atoms with Crippen molar-refractivity contribution in [3.8, 4) is 16.9 Å². The van der Waals surface area contributed by atoms with E-state index in [0.717, 1.165) is 31.7 Å². The molecule has 0 saturated heterocycles. The van der Waals surface area contributed by atoms with Gasteiger partial charge in [-0.3, -0.25) is 0 Å². The molecule has 0 bridgehead atoms. The quantitative estimate of drug-likeness (QED) is 0.586. The van der Waals surface area contributed by atoms with Gasteiger partial charge in [-0.05, 0) is 42.6 Å². The minimum Gasteiger partial charge on any atom is -0.494 e. The Morgan fingerprint density at radius 3 is 1.87 bits per heavy atom. The Hall–Kier alpha value is -1.51. The average molecular weight is 334 g/mol. The second-order valence-electron chi connectivity index (χ2n) is 5.65. The zero-order valence-corrected chi connectivity index (χ0v) is 14.6. The molecule has 0 fully saturated rings. The highest BCUT2D eigenvalue weighted by Crippen LogP contribution is 2.22. The summed E-state index contributed by atoms with van der Waals surface area (Å²) in [6.07, 6.45) is 7.37. The lowest BCUT2D eigenvalue weighted by atomic mass is 10.1. The Morgan fingerprint density at radius 2 is 1.22 bits per heavy atom. The molecule has 0 spiro atoms. The van der Waals surface area contributed by atoms with Crippen molar-refractivity contribution in [1.29, 1.82) is 0 Å². The van der Waals surface area contributed by atoms with Gasteiger partial charge in [-0.1, -0.05) is 68.1 Å². The Kier molecular flexibility index (Phi) is 10.2. The molecule has 0 saturated carbocycles. The van der Waals surface area contributed by atoms with Gasteiger partial charge in [-0.2, -0.15) is 0 Å². The minimum atomic E-state index is 0. The van der Waals surface area contributed by atoms with Crippen LogP contribution in [0, 0.1) is 0 Å². The van der Waals surface area contributed by atoms with Crippen LogP contribution in [-0.2, 0) is 0 Å². The van der Waals surface area contributed by atoms with Crippen molar-refractivity contribution in [2.75, 3.05) is 13.2 Å². The second kappa shape index (κ2) is 12.0. The number of rotatable bonds is 10. The van der Waals surface area contributed by atoms with Gasteiger partial charge in [-0.25, -0.2) is 0 Å². The Labute approximate surface area is 146 Å². The molecule has 2 rings (SSSR count). The van der Waals surface area contributed by atoms with Crippen LogP contribution in [0.2, 0.25) is 0 Å². The first-order valence-electron chi connectivity index (χ1n) is 8.38. The van der Waals surface area contributed by atoms with Crippen molar-refractivity contribution in [3.63, 3.8) is 0 Å². The van der Waals surface area contributed by atoms with Gasteiger partial charge in [0.15, 0.2) is 0 Å². The van der Waals surface area contributed by atoms with Crippen LogP contribution in [0.3, 0.4) is 0 Å². The highest BCUT2D eigenvalue weighted by atomic mass is 35.5. The monoisotopic (exact) mass is 333 g/mol. The average Bonchev–Trinajstić information content (AvgIpc) is 2.59. The second-order valence-corrected chi connectivity index (χ2v) is 5.65. The van der Waals surface area contributed by atoms with E-state index in [1.54, 1.807) is 0 Å². The lowest BCUT2D eigenvalue weighted by Gasteiger charge is -2.07. The van der Waals surface area contributed by atoms with Crippen LogP contribution in [0.1, 0.15) is 38.5 Å². The van der Waals surface area contributed by atoms with Crippen molar-refractivity contribution in [3.05, 3.63) is 54.6 Å². The van der Waals surface area contributed by atoms with Crippen LogP contribution in [0.4, 0.5) is 0 Å². The lowest BCUT2D eigenvalue weighted by molar-refractivity contribution is 0.304. The van der Waals surface area contributed by atoms with E-state index in [4.69, 9.17) is 10.5 Å². The zero-order chi connectivity index (χ0) is 15.5. The van der Waals surface area contributed by atoms with Crippen molar-refractivity contribution < 1.29 is 4.74 Å². The number of halogens is 1. The predicted molar refractivity (Wildman–Crippen MR) is 101 cm³/mol. The molecule has 0 unspecified atom stereocenters. The van der Waals surface area contributed by atoms with Gasteiger partial charge in [0.05, 0.1) is 6.61 Å². The topological polar surface area (TPSA) is 35.2 Å². The third-order valence-electron chi connectivity index (χ3n) is 3.83. The number of hydrogen-bond donors (Lipinski definition) is 1. The van der Waals surface area contributed by atoms with Crippen molar-refractivity contribution >= 4 is 12.4 Å². The summed E-state index contributed by atoms with van der Waals surface area (Å²) < 4.78 is 5.80. The lowest BCUT2D eigenvalue weighted by Crippen LogP contribution is -1.98. The number of unbranched alkanes of at least 4 members (excludes halogenated alkanes) is 5. The molecule has 2 aromatic rings. The van der Waals surface area contributed by atoms with E-state index in [-0.39, 0.29) is 12.4 Å². The molecule has 0 amide bonds. The van der Waals surface area contributed by atoms with Crippen molar-refractivity contribution in [2.45, 2.75) is 38.5 Å². The number of ether oxygens (including phenoxy) is 1. The summed E-state index contributed by atoms with van der Waals surface area (Å²) in [5.41, 5.74) is 7.95. The van der Waals surface area contributed by atoms with Gasteiger partial charge in [-0.15, -0.1) is 12.4 Å². The van der Waals surface area contributed by atoms with Crippen LogP contribution in [0.5, 0.6) is 5.75 Å². The summed E-state index contributed by atoms with van der Waals surface area (Å²) in [7, 11) is 0. The molecular formula is C20H28ClNO. The molecule has 0 aliphatic rings. The standard InChI is InChI=1S/C20H27NO.ClH/c21-16-8-3-1-2-4-9-17-22-20-14-12-19(13-15-20)18-10-6-5-7-11-18;/h5-7,10-15H,1-4,8-9,16-17,21H2;1H. The smallest absolute Gasteiger partial charge is 0.119 e. The first-order chi connectivity index (χ1) is 10.9. The molecular weight excluding hydrogens is 306 g/mol. The van der Waals surface area contributed by atoms with E-state index in [1.165, 1.54) is 36.8 Å².